The van der Waals surface area contributed by atoms with Gasteiger partial charge in [0.25, 0.3) is 0 Å². The minimum Gasteiger partial charge on any atom is -0.317 e. The van der Waals surface area contributed by atoms with Crippen LogP contribution in [0.5, 0.6) is 0 Å². The summed E-state index contributed by atoms with van der Waals surface area (Å²) < 4.78 is 1.13. The molecule has 6 heterocycles. The van der Waals surface area contributed by atoms with Crippen molar-refractivity contribution in [2.75, 3.05) is 38.0 Å². The Labute approximate surface area is 201 Å². The molecule has 0 radical (unpaired) electrons. The van der Waals surface area contributed by atoms with Gasteiger partial charge in [-0.25, -0.2) is 4.98 Å². The van der Waals surface area contributed by atoms with Gasteiger partial charge in [-0.15, -0.1) is 22.7 Å². The van der Waals surface area contributed by atoms with Crippen LogP contribution in [0.3, 0.4) is 0 Å². The molecule has 4 aliphatic rings. The van der Waals surface area contributed by atoms with E-state index in [9.17, 15) is 4.79 Å². The van der Waals surface area contributed by atoms with Gasteiger partial charge in [-0.05, 0) is 62.4 Å². The summed E-state index contributed by atoms with van der Waals surface area (Å²) in [4.78, 5) is 26.0. The van der Waals surface area contributed by atoms with E-state index in [1.54, 1.807) is 22.7 Å². The highest BCUT2D eigenvalue weighted by atomic mass is 32.1. The number of pyridine rings is 1. The number of fused-ring (bicyclic) bond motifs is 3. The summed E-state index contributed by atoms with van der Waals surface area (Å²) in [5.41, 5.74) is 3.77. The minimum atomic E-state index is 0.108. The Kier molecular flexibility index (Phi) is 4.84. The highest BCUT2D eigenvalue weighted by Gasteiger charge is 2.67. The molecular weight excluding hydrogens is 452 g/mol. The van der Waals surface area contributed by atoms with Crippen molar-refractivity contribution in [3.8, 4) is 10.6 Å². The van der Waals surface area contributed by atoms with Crippen molar-refractivity contribution >= 4 is 43.8 Å². The predicted octanol–water partition coefficient (Wildman–Crippen LogP) is 3.08. The van der Waals surface area contributed by atoms with E-state index in [-0.39, 0.29) is 5.91 Å². The van der Waals surface area contributed by atoms with Gasteiger partial charge in [0.1, 0.15) is 15.5 Å². The molecule has 0 bridgehead atoms. The number of amides is 1. The highest BCUT2D eigenvalue weighted by Crippen LogP contribution is 2.59. The lowest BCUT2D eigenvalue weighted by Gasteiger charge is -2.32. The predicted molar refractivity (Wildman–Crippen MR) is 133 cm³/mol. The van der Waals surface area contributed by atoms with Crippen molar-refractivity contribution < 1.29 is 4.79 Å². The lowest BCUT2D eigenvalue weighted by Crippen LogP contribution is -2.48. The van der Waals surface area contributed by atoms with Gasteiger partial charge in [-0.2, -0.15) is 0 Å². The van der Waals surface area contributed by atoms with E-state index < -0.39 is 0 Å². The van der Waals surface area contributed by atoms with Crippen LogP contribution in [0, 0.1) is 11.8 Å². The standard InChI is InChI=1S/C24H28N6OS2/c31-20(5-10-30-9-4-16-15-2-8-27-24(15,16)13-30)29-23-21(14-1-6-26-12-19(14)33-23)22-28-17-11-25-7-3-18(17)32-22/h3,7,11,15-16,26-27H,1-2,4-6,8-10,12-13H2,(H,29,31)/t15?,16?,24-/m0/s1. The lowest BCUT2D eigenvalue weighted by molar-refractivity contribution is -0.116. The van der Waals surface area contributed by atoms with E-state index in [0.717, 1.165) is 83.3 Å². The fraction of sp³-hybridized carbons (Fsp3) is 0.542. The number of anilines is 1. The summed E-state index contributed by atoms with van der Waals surface area (Å²) in [6.07, 6.45) is 7.75. The number of piperidine rings is 2. The molecule has 3 aromatic heterocycles. The molecule has 1 saturated carbocycles. The van der Waals surface area contributed by atoms with E-state index in [2.05, 4.69) is 25.8 Å². The van der Waals surface area contributed by atoms with E-state index in [4.69, 9.17) is 4.98 Å². The maximum atomic E-state index is 13.1. The third kappa shape index (κ3) is 3.36. The Balaban J connectivity index is 1.09. The minimum absolute atomic E-state index is 0.108. The van der Waals surface area contributed by atoms with Crippen molar-refractivity contribution in [3.63, 3.8) is 0 Å². The third-order valence-electron chi connectivity index (χ3n) is 8.09. The van der Waals surface area contributed by atoms with Gasteiger partial charge >= 0.3 is 0 Å². The van der Waals surface area contributed by atoms with Gasteiger partial charge in [0.15, 0.2) is 0 Å². The Bertz CT molecular complexity index is 1200. The summed E-state index contributed by atoms with van der Waals surface area (Å²) in [6, 6.07) is 2.02. The zero-order valence-corrected chi connectivity index (χ0v) is 20.2. The molecule has 3 N–H and O–H groups in total. The van der Waals surface area contributed by atoms with Gasteiger partial charge in [-0.1, -0.05) is 0 Å². The van der Waals surface area contributed by atoms with E-state index in [0.29, 0.717) is 12.0 Å². The fourth-order valence-electron chi connectivity index (χ4n) is 6.48. The summed E-state index contributed by atoms with van der Waals surface area (Å²) in [5, 5.41) is 12.5. The van der Waals surface area contributed by atoms with Gasteiger partial charge < -0.3 is 20.9 Å². The van der Waals surface area contributed by atoms with Gasteiger partial charge in [-0.3, -0.25) is 9.78 Å². The second kappa shape index (κ2) is 7.81. The second-order valence-corrected chi connectivity index (χ2v) is 12.0. The molecule has 1 aliphatic carbocycles. The first-order valence-corrected chi connectivity index (χ1v) is 13.7. The average Bonchev–Trinajstić information content (AvgIpc) is 3.22. The van der Waals surface area contributed by atoms with Crippen LogP contribution in [0.4, 0.5) is 5.00 Å². The van der Waals surface area contributed by atoms with Crippen LogP contribution in [-0.4, -0.2) is 59.0 Å². The Hall–Kier alpha value is -1.91. The van der Waals surface area contributed by atoms with Crippen LogP contribution in [0.1, 0.15) is 29.7 Å². The summed E-state index contributed by atoms with van der Waals surface area (Å²) in [7, 11) is 0. The first-order chi connectivity index (χ1) is 16.2. The first kappa shape index (κ1) is 20.5. The number of hydrogen-bond donors (Lipinski definition) is 3. The van der Waals surface area contributed by atoms with E-state index in [1.807, 2.05) is 18.5 Å². The van der Waals surface area contributed by atoms with Crippen molar-refractivity contribution in [1.82, 2.24) is 25.5 Å². The molecule has 33 heavy (non-hydrogen) atoms. The zero-order valence-electron chi connectivity index (χ0n) is 18.5. The molecule has 3 aromatic rings. The van der Waals surface area contributed by atoms with E-state index in [1.165, 1.54) is 23.3 Å². The maximum absolute atomic E-state index is 13.1. The monoisotopic (exact) mass is 480 g/mol. The summed E-state index contributed by atoms with van der Waals surface area (Å²) in [5.74, 6) is 1.87. The van der Waals surface area contributed by atoms with Crippen molar-refractivity contribution in [2.45, 2.75) is 37.8 Å². The average molecular weight is 481 g/mol. The number of thiazole rings is 1. The number of nitrogens with one attached hydrogen (secondary N) is 3. The van der Waals surface area contributed by atoms with Crippen LogP contribution < -0.4 is 16.0 Å². The molecule has 3 fully saturated rings. The number of likely N-dealkylation sites (tertiary alicyclic amines) is 1. The molecule has 3 atom stereocenters. The molecule has 3 aliphatic heterocycles. The first-order valence-electron chi connectivity index (χ1n) is 12.0. The molecule has 9 heteroatoms. The molecule has 172 valence electrons. The zero-order chi connectivity index (χ0) is 22.0. The molecule has 1 amide bonds. The number of carbonyl (C=O) groups excluding carboxylic acids is 1. The molecular formula is C24H28N6OS2. The number of thiophene rings is 1. The number of aromatic nitrogens is 2. The Morgan fingerprint density at radius 2 is 2.21 bits per heavy atom. The normalized spacial score (nSPS) is 28.4. The van der Waals surface area contributed by atoms with Crippen molar-refractivity contribution in [2.24, 2.45) is 11.8 Å². The molecule has 0 aromatic carbocycles. The number of nitrogens with zero attached hydrogens (tertiary/aromatic N) is 3. The third-order valence-corrected chi connectivity index (χ3v) is 10.3. The lowest BCUT2D eigenvalue weighted by atomic mass is 10.0. The smallest absolute Gasteiger partial charge is 0.226 e. The SMILES string of the molecule is O=C(CCN1CCC2C3CCN[C@@]32C1)Nc1sc2c(c1-c1nc3cnccc3s1)CCNC2. The van der Waals surface area contributed by atoms with Crippen LogP contribution >= 0.6 is 22.7 Å². The van der Waals surface area contributed by atoms with Crippen molar-refractivity contribution in [3.05, 3.63) is 28.9 Å². The highest BCUT2D eigenvalue weighted by molar-refractivity contribution is 7.22. The molecule has 1 spiro atoms. The molecule has 2 unspecified atom stereocenters. The number of rotatable bonds is 5. The quantitative estimate of drug-likeness (QED) is 0.521. The summed E-state index contributed by atoms with van der Waals surface area (Å²) in [6.45, 7) is 6.06. The molecule has 7 nitrogen and oxygen atoms in total. The number of hydrogen-bond acceptors (Lipinski definition) is 8. The molecule has 7 rings (SSSR count). The summed E-state index contributed by atoms with van der Waals surface area (Å²) >= 11 is 3.39. The topological polar surface area (TPSA) is 82.2 Å². The van der Waals surface area contributed by atoms with E-state index >= 15 is 0 Å². The largest absolute Gasteiger partial charge is 0.317 e. The van der Waals surface area contributed by atoms with Crippen LogP contribution in [0.25, 0.3) is 20.8 Å². The van der Waals surface area contributed by atoms with Gasteiger partial charge in [0.2, 0.25) is 5.91 Å². The maximum Gasteiger partial charge on any atom is 0.226 e. The Morgan fingerprint density at radius 3 is 3.15 bits per heavy atom. The second-order valence-electron chi connectivity index (χ2n) is 9.83. The fourth-order valence-corrected chi connectivity index (χ4v) is 8.79. The van der Waals surface area contributed by atoms with Crippen molar-refractivity contribution in [1.29, 1.82) is 0 Å². The van der Waals surface area contributed by atoms with Crippen LogP contribution in [0.15, 0.2) is 18.5 Å². The van der Waals surface area contributed by atoms with Gasteiger partial charge in [0.05, 0.1) is 10.9 Å². The Morgan fingerprint density at radius 1 is 1.27 bits per heavy atom. The van der Waals surface area contributed by atoms with Crippen LogP contribution in [0.2, 0.25) is 0 Å². The van der Waals surface area contributed by atoms with Crippen LogP contribution in [-0.2, 0) is 17.8 Å². The number of carbonyl (C=O) groups is 1. The molecule has 2 saturated heterocycles. The van der Waals surface area contributed by atoms with Gasteiger partial charge in [0, 0.05) is 48.2 Å².